The van der Waals surface area contributed by atoms with Crippen LogP contribution in [0.15, 0.2) is 0 Å². The van der Waals surface area contributed by atoms with Gasteiger partial charge in [0.2, 0.25) is 5.91 Å². The number of rotatable bonds is 6. The van der Waals surface area contributed by atoms with Gasteiger partial charge >= 0.3 is 11.9 Å². The van der Waals surface area contributed by atoms with Crippen LogP contribution in [0.25, 0.3) is 0 Å². The molecule has 31 heavy (non-hydrogen) atoms. The predicted octanol–water partition coefficient (Wildman–Crippen LogP) is -0.746. The maximum Gasteiger partial charge on any atom is 0.335 e. The molecule has 2 saturated heterocycles. The highest BCUT2D eigenvalue weighted by Crippen LogP contribution is 2.44. The van der Waals surface area contributed by atoms with Gasteiger partial charge in [-0.15, -0.1) is 0 Å². The van der Waals surface area contributed by atoms with Gasteiger partial charge in [-0.1, -0.05) is 6.92 Å². The fourth-order valence-corrected chi connectivity index (χ4v) is 4.60. The number of carbonyl (C=O) groups excluding carboxylic acids is 1. The van der Waals surface area contributed by atoms with E-state index in [1.165, 1.54) is 0 Å². The predicted molar refractivity (Wildman–Crippen MR) is 107 cm³/mol. The molecule has 2 aliphatic heterocycles. The van der Waals surface area contributed by atoms with E-state index >= 15 is 0 Å². The van der Waals surface area contributed by atoms with Crippen molar-refractivity contribution in [1.29, 1.82) is 0 Å². The highest BCUT2D eigenvalue weighted by Gasteiger charge is 2.49. The van der Waals surface area contributed by atoms with Gasteiger partial charge in [-0.05, 0) is 32.2 Å². The molecule has 3 fully saturated rings. The van der Waals surface area contributed by atoms with E-state index in [-0.39, 0.29) is 17.6 Å². The normalized spacial score (nSPS) is 29.2. The van der Waals surface area contributed by atoms with Crippen LogP contribution >= 0.6 is 0 Å². The van der Waals surface area contributed by atoms with Gasteiger partial charge in [-0.2, -0.15) is 0 Å². The summed E-state index contributed by atoms with van der Waals surface area (Å²) in [6.07, 6.45) is 0.481. The largest absolute Gasteiger partial charge is 0.479 e. The average Bonchev–Trinajstić information content (AvgIpc) is 3.18. The molecule has 2 unspecified atom stereocenters. The van der Waals surface area contributed by atoms with Crippen molar-refractivity contribution in [2.45, 2.75) is 63.1 Å². The van der Waals surface area contributed by atoms with E-state index in [1.807, 2.05) is 0 Å². The van der Waals surface area contributed by atoms with Gasteiger partial charge in [0, 0.05) is 32.0 Å². The third-order valence-electron chi connectivity index (χ3n) is 6.14. The Morgan fingerprint density at radius 3 is 2.23 bits per heavy atom. The number of aliphatic carboxylic acids is 2. The Morgan fingerprint density at radius 2 is 1.71 bits per heavy atom. The van der Waals surface area contributed by atoms with Crippen molar-refractivity contribution in [3.05, 3.63) is 0 Å². The van der Waals surface area contributed by atoms with Gasteiger partial charge in [0.25, 0.3) is 0 Å². The minimum absolute atomic E-state index is 0.111. The Kier molecular flexibility index (Phi) is 9.19. The second kappa shape index (κ2) is 11.2. The van der Waals surface area contributed by atoms with Gasteiger partial charge in [-0.3, -0.25) is 4.79 Å². The lowest BCUT2D eigenvalue weighted by Gasteiger charge is -2.49. The smallest absolute Gasteiger partial charge is 0.335 e. The van der Waals surface area contributed by atoms with E-state index in [0.717, 1.165) is 45.2 Å². The van der Waals surface area contributed by atoms with Crippen LogP contribution in [0.4, 0.5) is 0 Å². The minimum Gasteiger partial charge on any atom is -0.479 e. The molecule has 3 rings (SSSR count). The first-order valence-corrected chi connectivity index (χ1v) is 10.7. The average molecular weight is 446 g/mol. The molecule has 1 aliphatic carbocycles. The van der Waals surface area contributed by atoms with Gasteiger partial charge < -0.3 is 40.1 Å². The first-order chi connectivity index (χ1) is 14.6. The Labute approximate surface area is 181 Å². The minimum atomic E-state index is -2.27. The van der Waals surface area contributed by atoms with E-state index < -0.39 is 24.1 Å². The number of carbonyl (C=O) groups is 3. The van der Waals surface area contributed by atoms with Crippen LogP contribution in [0.2, 0.25) is 0 Å². The second-order valence-electron chi connectivity index (χ2n) is 8.41. The number of aliphatic hydroxyl groups is 2. The lowest BCUT2D eigenvalue weighted by molar-refractivity contribution is -0.202. The molecular weight excluding hydrogens is 412 g/mol. The summed E-state index contributed by atoms with van der Waals surface area (Å²) in [5, 5.41) is 35.6. The van der Waals surface area contributed by atoms with Crippen molar-refractivity contribution in [1.82, 2.24) is 10.2 Å². The van der Waals surface area contributed by atoms with Crippen molar-refractivity contribution in [2.75, 3.05) is 33.4 Å². The second-order valence-corrected chi connectivity index (χ2v) is 8.41. The highest BCUT2D eigenvalue weighted by atomic mass is 16.7. The zero-order valence-electron chi connectivity index (χ0n) is 18.0. The number of nitrogens with one attached hydrogen (secondary N) is 1. The standard InChI is InChI=1S/C16H28N2O3.C4H6O6/c1-3-6-17-15(19)13-9-12-10-16(20-7-8-21-16)5-4-14(12)18(2)11-13;5-1(3(7)8)2(6)4(9)10/h12-14H,3-11H2,1-2H3,(H,17,19);1-2,5-6H,(H,7,8)(H,9,10)/t12?,13-,14?;1-,2-/m11/s1. The summed E-state index contributed by atoms with van der Waals surface area (Å²) in [5.74, 6) is -3.05. The summed E-state index contributed by atoms with van der Waals surface area (Å²) < 4.78 is 11.8. The van der Waals surface area contributed by atoms with Crippen LogP contribution in [0.5, 0.6) is 0 Å². The lowest BCUT2D eigenvalue weighted by atomic mass is 9.72. The Balaban J connectivity index is 0.000000291. The van der Waals surface area contributed by atoms with Gasteiger partial charge in [0.1, 0.15) is 0 Å². The molecule has 11 nitrogen and oxygen atoms in total. The molecule has 1 saturated carbocycles. The number of carboxylic acids is 2. The van der Waals surface area contributed by atoms with Crippen LogP contribution in [-0.2, 0) is 23.9 Å². The quantitative estimate of drug-likeness (QED) is 0.350. The van der Waals surface area contributed by atoms with Crippen LogP contribution < -0.4 is 5.32 Å². The number of ether oxygens (including phenoxy) is 2. The van der Waals surface area contributed by atoms with E-state index in [0.29, 0.717) is 25.2 Å². The molecule has 0 aromatic carbocycles. The zero-order valence-corrected chi connectivity index (χ0v) is 18.0. The van der Waals surface area contributed by atoms with Gasteiger partial charge in [0.05, 0.1) is 19.1 Å². The molecule has 5 atom stereocenters. The fraction of sp³-hybridized carbons (Fsp3) is 0.850. The first kappa shape index (κ1) is 25.5. The van der Waals surface area contributed by atoms with Gasteiger partial charge in [0.15, 0.2) is 18.0 Å². The number of aliphatic hydroxyl groups excluding tert-OH is 2. The van der Waals surface area contributed by atoms with E-state index in [2.05, 4.69) is 24.2 Å². The van der Waals surface area contributed by atoms with Crippen LogP contribution in [0, 0.1) is 11.8 Å². The molecular formula is C20H34N2O9. The molecule has 0 radical (unpaired) electrons. The number of hydrogen-bond acceptors (Lipinski definition) is 8. The zero-order chi connectivity index (χ0) is 23.2. The van der Waals surface area contributed by atoms with Gasteiger partial charge in [-0.25, -0.2) is 9.59 Å². The fourth-order valence-electron chi connectivity index (χ4n) is 4.60. The summed E-state index contributed by atoms with van der Waals surface area (Å²) in [7, 11) is 2.16. The third-order valence-corrected chi connectivity index (χ3v) is 6.14. The number of fused-ring (bicyclic) bond motifs is 1. The lowest BCUT2D eigenvalue weighted by Crippen LogP contribution is -2.55. The van der Waals surface area contributed by atoms with Crippen LogP contribution in [0.3, 0.4) is 0 Å². The van der Waals surface area contributed by atoms with Crippen molar-refractivity contribution in [3.63, 3.8) is 0 Å². The van der Waals surface area contributed by atoms with Crippen LogP contribution in [0.1, 0.15) is 39.0 Å². The summed E-state index contributed by atoms with van der Waals surface area (Å²) in [6.45, 7) is 5.18. The summed E-state index contributed by atoms with van der Waals surface area (Å²) in [4.78, 5) is 34.2. The van der Waals surface area contributed by atoms with E-state index in [1.54, 1.807) is 0 Å². The molecule has 1 amide bonds. The van der Waals surface area contributed by atoms with Crippen LogP contribution in [-0.4, -0.2) is 101 Å². The van der Waals surface area contributed by atoms with E-state index in [9.17, 15) is 14.4 Å². The third kappa shape index (κ3) is 6.59. The number of amides is 1. The number of piperidine rings is 1. The Hall–Kier alpha value is -1.79. The van der Waals surface area contributed by atoms with Crippen molar-refractivity contribution in [3.8, 4) is 0 Å². The molecule has 5 N–H and O–H groups in total. The molecule has 2 heterocycles. The summed E-state index contributed by atoms with van der Waals surface area (Å²) >= 11 is 0. The number of carboxylic acid groups (broad SMARTS) is 2. The number of nitrogens with zero attached hydrogens (tertiary/aromatic N) is 1. The Bertz CT molecular complexity index is 620. The number of likely N-dealkylation sites (tertiary alicyclic amines) is 1. The molecule has 11 heteroatoms. The topological polar surface area (TPSA) is 166 Å². The number of hydrogen-bond donors (Lipinski definition) is 5. The first-order valence-electron chi connectivity index (χ1n) is 10.7. The monoisotopic (exact) mass is 446 g/mol. The Morgan fingerprint density at radius 1 is 1.13 bits per heavy atom. The van der Waals surface area contributed by atoms with E-state index in [4.69, 9.17) is 29.9 Å². The summed E-state index contributed by atoms with van der Waals surface area (Å²) in [6, 6.07) is 0.582. The highest BCUT2D eigenvalue weighted by molar-refractivity contribution is 5.83. The molecule has 3 aliphatic rings. The van der Waals surface area contributed by atoms with Crippen molar-refractivity contribution in [2.24, 2.45) is 11.8 Å². The molecule has 178 valence electrons. The van der Waals surface area contributed by atoms with Crippen molar-refractivity contribution < 1.29 is 44.3 Å². The van der Waals surface area contributed by atoms with Crippen molar-refractivity contribution >= 4 is 17.8 Å². The molecule has 0 aromatic rings. The molecule has 1 spiro atoms. The maximum atomic E-state index is 12.3. The molecule has 0 bridgehead atoms. The summed E-state index contributed by atoms with van der Waals surface area (Å²) in [5.41, 5.74) is 0. The SMILES string of the molecule is CCCNC(=O)[C@@H]1CC2CC3(CCC2N(C)C1)OCCO3.O=C(O)[C@H](O)[C@@H](O)C(=O)O. The maximum absolute atomic E-state index is 12.3. The molecule has 0 aromatic heterocycles.